The Morgan fingerprint density at radius 1 is 0.770 bits per heavy atom. The van der Waals surface area contributed by atoms with Gasteiger partial charge in [0.05, 0.1) is 25.4 Å². The predicted molar refractivity (Wildman–Crippen MR) is 236 cm³/mol. The average molecular weight is 880 g/mol. The van der Waals surface area contributed by atoms with E-state index in [2.05, 4.69) is 54.8 Å². The van der Waals surface area contributed by atoms with E-state index < -0.39 is 75.8 Å². The molecule has 1 unspecified atom stereocenters. The number of carbonyl (C=O) groups is 4. The number of Topliss-reactive ketones (excluding diaryl/α,β-unsaturated/α-hetero) is 1. The van der Waals surface area contributed by atoms with Gasteiger partial charge in [-0.15, -0.1) is 0 Å². The molecule has 0 bridgehead atoms. The minimum atomic E-state index is -4.80. The molecule has 6 N–H and O–H groups in total. The highest BCUT2D eigenvalue weighted by Gasteiger charge is 2.39. The number of carboxylic acids is 1. The third-order valence-electron chi connectivity index (χ3n) is 9.80. The van der Waals surface area contributed by atoms with Crippen molar-refractivity contribution in [2.75, 3.05) is 19.8 Å². The second kappa shape index (κ2) is 35.0. The number of hydrogen-bond acceptors (Lipinski definition) is 12. The number of carboxylic acid groups (broad SMARTS) is 1. The second-order valence-corrected chi connectivity index (χ2v) is 16.7. The molecule has 0 saturated heterocycles. The molecule has 15 heteroatoms. The van der Waals surface area contributed by atoms with Crippen LogP contribution in [0.4, 0.5) is 0 Å². The first-order valence-electron chi connectivity index (χ1n) is 22.1. The number of esters is 2. The fourth-order valence-corrected chi connectivity index (χ4v) is 6.99. The van der Waals surface area contributed by atoms with Crippen molar-refractivity contribution in [3.05, 3.63) is 72.9 Å². The van der Waals surface area contributed by atoms with Gasteiger partial charge in [-0.2, -0.15) is 0 Å². The Hall–Kier alpha value is -3.49. The van der Waals surface area contributed by atoms with E-state index >= 15 is 0 Å². The number of aliphatic hydroxyl groups excluding tert-OH is 2. The van der Waals surface area contributed by atoms with Crippen LogP contribution in [0.25, 0.3) is 0 Å². The smallest absolute Gasteiger partial charge is 0.472 e. The molecule has 0 aromatic rings. The number of allylic oxidation sites excluding steroid dienone is 11. The van der Waals surface area contributed by atoms with Crippen molar-refractivity contribution in [2.24, 2.45) is 17.6 Å². The molecule has 1 fully saturated rings. The molecule has 1 rings (SSSR count). The Kier molecular flexibility index (Phi) is 31.9. The lowest BCUT2D eigenvalue weighted by Gasteiger charge is -2.20. The fourth-order valence-electron chi connectivity index (χ4n) is 6.21. The van der Waals surface area contributed by atoms with E-state index in [1.807, 2.05) is 24.3 Å². The highest BCUT2D eigenvalue weighted by Crippen LogP contribution is 2.43. The third kappa shape index (κ3) is 29.4. The van der Waals surface area contributed by atoms with Crippen LogP contribution in [0.1, 0.15) is 136 Å². The number of phosphoric ester groups is 1. The van der Waals surface area contributed by atoms with Crippen LogP contribution in [0, 0.1) is 11.8 Å². The summed E-state index contributed by atoms with van der Waals surface area (Å²) in [6, 6.07) is -1.57. The molecule has 0 aliphatic heterocycles. The summed E-state index contributed by atoms with van der Waals surface area (Å²) in [7, 11) is -4.80. The first-order chi connectivity index (χ1) is 29.3. The van der Waals surface area contributed by atoms with Crippen LogP contribution < -0.4 is 5.73 Å². The zero-order valence-electron chi connectivity index (χ0n) is 36.4. The molecule has 0 amide bonds. The van der Waals surface area contributed by atoms with E-state index in [1.165, 1.54) is 19.3 Å². The summed E-state index contributed by atoms with van der Waals surface area (Å²) in [4.78, 5) is 58.6. The van der Waals surface area contributed by atoms with Gasteiger partial charge < -0.3 is 35.4 Å². The maximum atomic E-state index is 12.6. The highest BCUT2D eigenvalue weighted by molar-refractivity contribution is 7.47. The summed E-state index contributed by atoms with van der Waals surface area (Å²) in [5.41, 5.74) is 5.32. The summed E-state index contributed by atoms with van der Waals surface area (Å²) in [6.45, 7) is 2.32. The molecule has 14 nitrogen and oxygen atoms in total. The van der Waals surface area contributed by atoms with Gasteiger partial charge in [-0.25, -0.2) is 4.57 Å². The van der Waals surface area contributed by atoms with E-state index in [-0.39, 0.29) is 31.0 Å². The quantitative estimate of drug-likeness (QED) is 0.0173. The molecule has 0 spiro atoms. The van der Waals surface area contributed by atoms with Gasteiger partial charge in [0.15, 0.2) is 6.10 Å². The molecule has 61 heavy (non-hydrogen) atoms. The maximum Gasteiger partial charge on any atom is 0.472 e. The van der Waals surface area contributed by atoms with Gasteiger partial charge in [-0.1, -0.05) is 119 Å². The Morgan fingerprint density at radius 3 is 1.92 bits per heavy atom. The third-order valence-corrected chi connectivity index (χ3v) is 10.8. The van der Waals surface area contributed by atoms with Crippen molar-refractivity contribution in [3.63, 3.8) is 0 Å². The molecular formula is C46H74NO13P. The minimum Gasteiger partial charge on any atom is -0.480 e. The number of ketones is 1. The summed E-state index contributed by atoms with van der Waals surface area (Å²) in [5, 5.41) is 29.6. The second-order valence-electron chi connectivity index (χ2n) is 15.3. The first-order valence-corrected chi connectivity index (χ1v) is 23.6. The molecule has 1 aliphatic rings. The normalized spacial score (nSPS) is 19.8. The molecular weight excluding hydrogens is 805 g/mol. The van der Waals surface area contributed by atoms with Gasteiger partial charge in [-0.3, -0.25) is 28.2 Å². The average Bonchev–Trinajstić information content (AvgIpc) is 3.49. The number of nitrogens with two attached hydrogens (primary N) is 1. The van der Waals surface area contributed by atoms with Gasteiger partial charge in [-0.05, 0) is 70.6 Å². The number of unbranched alkanes of at least 4 members (excludes halogenated alkanes) is 7. The number of aliphatic carboxylic acids is 1. The van der Waals surface area contributed by atoms with Crippen LogP contribution in [0.5, 0.6) is 0 Å². The zero-order valence-corrected chi connectivity index (χ0v) is 37.3. The monoisotopic (exact) mass is 879 g/mol. The van der Waals surface area contributed by atoms with Crippen LogP contribution in [0.2, 0.25) is 0 Å². The van der Waals surface area contributed by atoms with Crippen molar-refractivity contribution in [1.82, 2.24) is 0 Å². The fraction of sp³-hybridized carbons (Fsp3) is 0.652. The molecule has 1 saturated carbocycles. The van der Waals surface area contributed by atoms with E-state index in [1.54, 1.807) is 12.2 Å². The molecule has 0 heterocycles. The number of aliphatic hydroxyl groups is 2. The van der Waals surface area contributed by atoms with Gasteiger partial charge in [0, 0.05) is 31.1 Å². The van der Waals surface area contributed by atoms with Gasteiger partial charge in [0.1, 0.15) is 18.4 Å². The van der Waals surface area contributed by atoms with Crippen LogP contribution in [-0.2, 0) is 42.3 Å². The van der Waals surface area contributed by atoms with Crippen molar-refractivity contribution in [1.29, 1.82) is 0 Å². The minimum absolute atomic E-state index is 0.0153. The van der Waals surface area contributed by atoms with Crippen molar-refractivity contribution in [2.45, 2.75) is 160 Å². The van der Waals surface area contributed by atoms with E-state index in [0.29, 0.717) is 38.5 Å². The van der Waals surface area contributed by atoms with Crippen LogP contribution in [0.15, 0.2) is 72.9 Å². The van der Waals surface area contributed by atoms with Crippen LogP contribution in [0.3, 0.4) is 0 Å². The maximum absolute atomic E-state index is 12.6. The Morgan fingerprint density at radius 2 is 1.31 bits per heavy atom. The van der Waals surface area contributed by atoms with E-state index in [9.17, 15) is 38.8 Å². The topological polar surface area (TPSA) is 229 Å². The van der Waals surface area contributed by atoms with Crippen LogP contribution in [-0.4, -0.2) is 88.1 Å². The van der Waals surface area contributed by atoms with Crippen molar-refractivity contribution in [3.8, 4) is 0 Å². The molecule has 0 aromatic heterocycles. The number of phosphoric acid groups is 1. The van der Waals surface area contributed by atoms with E-state index in [0.717, 1.165) is 44.9 Å². The SMILES string of the molecule is CCCCC/C=C\C/C=C\C/C=C\C/C=C\CCCC(=O)O[C@H](COC(=O)CCC/C=C\C[C@H]1[C@@H](O)CC(=O)[C@@H]1/C=C/[C@@H](O)CCCCC)COP(=O)(O)OC[C@H](N)C(=O)O. The largest absolute Gasteiger partial charge is 0.480 e. The summed E-state index contributed by atoms with van der Waals surface area (Å²) in [6.07, 6.45) is 34.9. The Bertz CT molecular complexity index is 1470. The number of ether oxygens (including phenoxy) is 2. The van der Waals surface area contributed by atoms with E-state index in [4.69, 9.17) is 24.8 Å². The summed E-state index contributed by atoms with van der Waals surface area (Å²) >= 11 is 0. The summed E-state index contributed by atoms with van der Waals surface area (Å²) < 4.78 is 32.6. The Labute approximate surface area is 363 Å². The van der Waals surface area contributed by atoms with Gasteiger partial charge >= 0.3 is 25.7 Å². The van der Waals surface area contributed by atoms with Crippen LogP contribution >= 0.6 is 7.82 Å². The highest BCUT2D eigenvalue weighted by atomic mass is 31.2. The van der Waals surface area contributed by atoms with Gasteiger partial charge in [0.2, 0.25) is 0 Å². The van der Waals surface area contributed by atoms with Crippen molar-refractivity contribution < 1.29 is 62.5 Å². The number of rotatable bonds is 36. The molecule has 0 aromatic carbocycles. The molecule has 7 atom stereocenters. The lowest BCUT2D eigenvalue weighted by atomic mass is 9.90. The number of hydrogen-bond donors (Lipinski definition) is 5. The molecule has 1 aliphatic carbocycles. The number of carbonyl (C=O) groups excluding carboxylic acids is 3. The first kappa shape index (κ1) is 55.5. The predicted octanol–water partition coefficient (Wildman–Crippen LogP) is 8.31. The molecule has 346 valence electrons. The zero-order chi connectivity index (χ0) is 45.1. The summed E-state index contributed by atoms with van der Waals surface area (Å²) in [5.74, 6) is -3.52. The lowest BCUT2D eigenvalue weighted by Crippen LogP contribution is -2.34. The Balaban J connectivity index is 2.55. The van der Waals surface area contributed by atoms with Gasteiger partial charge in [0.25, 0.3) is 0 Å². The van der Waals surface area contributed by atoms with Crippen molar-refractivity contribution >= 4 is 31.5 Å². The molecule has 0 radical (unpaired) electrons. The standard InChI is InChI=1S/C46H74NO13P/c1-3-5-7-8-9-10-11-12-13-14-15-16-17-18-19-20-26-30-45(52)60-38(35-58-61(55,56)59-36-41(47)46(53)54)34-57-44(51)29-25-22-21-24-28-39-40(43(50)33-42(39)49)32-31-37(48)27-23-6-4-2/h9-10,12-13,15-16,18-19,21,24,31-32,37-42,48-49H,3-8,11,14,17,20,22-23,25-30,33-36,47H2,1-2H3,(H,53,54)(H,55,56)/b10-9-,13-12-,16-15-,19-18-,24-21-,32-31+/t37-,38+,39+,40+,41-,42-/m0/s1. The lowest BCUT2D eigenvalue weighted by molar-refractivity contribution is -0.161.